The van der Waals surface area contributed by atoms with E-state index in [1.807, 2.05) is 49.4 Å². The van der Waals surface area contributed by atoms with Crippen molar-refractivity contribution in [3.05, 3.63) is 59.4 Å². The van der Waals surface area contributed by atoms with Crippen LogP contribution in [0.2, 0.25) is 0 Å². The highest BCUT2D eigenvalue weighted by Gasteiger charge is 2.24. The van der Waals surface area contributed by atoms with Crippen molar-refractivity contribution < 1.29 is 28.3 Å². The zero-order chi connectivity index (χ0) is 20.8. The third-order valence-electron chi connectivity index (χ3n) is 4.67. The Morgan fingerprint density at radius 1 is 1.03 bits per heavy atom. The molecule has 0 spiro atoms. The van der Waals surface area contributed by atoms with Crippen molar-refractivity contribution in [1.29, 1.82) is 0 Å². The van der Waals surface area contributed by atoms with Crippen molar-refractivity contribution in [1.82, 2.24) is 0 Å². The van der Waals surface area contributed by atoms with Gasteiger partial charge in [0.15, 0.2) is 11.5 Å². The molecule has 0 aliphatic heterocycles. The number of quaternary nitrogens is 1. The largest absolute Gasteiger partial charge is 0.493 e. The normalized spacial score (nSPS) is 12.0. The summed E-state index contributed by atoms with van der Waals surface area (Å²) in [6, 6.07) is 13.7. The number of carbonyl (C=O) groups is 1. The maximum atomic E-state index is 12.4. The molecule has 1 aromatic heterocycles. The van der Waals surface area contributed by atoms with E-state index in [2.05, 4.69) is 7.05 Å². The molecule has 0 saturated heterocycles. The summed E-state index contributed by atoms with van der Waals surface area (Å²) in [5.41, 5.74) is 2.68. The Morgan fingerprint density at radius 3 is 2.55 bits per heavy atom. The number of esters is 1. The van der Waals surface area contributed by atoms with Gasteiger partial charge in [-0.05, 0) is 38.1 Å². The first-order chi connectivity index (χ1) is 14.1. The van der Waals surface area contributed by atoms with Crippen molar-refractivity contribution in [2.24, 2.45) is 0 Å². The molecule has 154 valence electrons. The zero-order valence-corrected chi connectivity index (χ0v) is 17.4. The van der Waals surface area contributed by atoms with E-state index >= 15 is 0 Å². The van der Waals surface area contributed by atoms with Gasteiger partial charge in [-0.3, -0.25) is 0 Å². The summed E-state index contributed by atoms with van der Waals surface area (Å²) in [6.45, 7) is 6.01. The molecule has 1 N–H and O–H groups in total. The highest BCUT2D eigenvalue weighted by Crippen LogP contribution is 2.28. The van der Waals surface area contributed by atoms with Gasteiger partial charge in [-0.2, -0.15) is 0 Å². The van der Waals surface area contributed by atoms with Crippen LogP contribution in [0.25, 0.3) is 11.0 Å². The highest BCUT2D eigenvalue weighted by atomic mass is 16.5. The first-order valence-electron chi connectivity index (χ1n) is 9.85. The molecule has 0 aliphatic rings. The number of methoxy groups -OCH3 is 1. The Labute approximate surface area is 171 Å². The molecule has 2 aromatic carbocycles. The lowest BCUT2D eigenvalue weighted by molar-refractivity contribution is -0.907. The quantitative estimate of drug-likeness (QED) is 0.561. The number of benzene rings is 2. The van der Waals surface area contributed by atoms with E-state index in [9.17, 15) is 4.79 Å². The average molecular weight is 398 g/mol. The topological polar surface area (TPSA) is 62.3 Å². The van der Waals surface area contributed by atoms with Crippen LogP contribution in [0.1, 0.15) is 35.5 Å². The number of rotatable bonds is 9. The maximum absolute atomic E-state index is 12.4. The third kappa shape index (κ3) is 4.71. The molecular formula is C23H28NO5+. The second kappa shape index (κ2) is 9.47. The number of nitrogens with one attached hydrogen (secondary N) is 1. The molecule has 0 aliphatic carbocycles. The predicted molar refractivity (Wildman–Crippen MR) is 111 cm³/mol. The van der Waals surface area contributed by atoms with E-state index in [0.717, 1.165) is 34.6 Å². The van der Waals surface area contributed by atoms with Gasteiger partial charge >= 0.3 is 5.97 Å². The second-order valence-electron chi connectivity index (χ2n) is 6.86. The third-order valence-corrected chi connectivity index (χ3v) is 4.67. The molecule has 0 fully saturated rings. The van der Waals surface area contributed by atoms with Crippen LogP contribution in [0.5, 0.6) is 11.5 Å². The van der Waals surface area contributed by atoms with Gasteiger partial charge in [0.25, 0.3) is 0 Å². The van der Waals surface area contributed by atoms with Gasteiger partial charge in [-0.15, -0.1) is 0 Å². The van der Waals surface area contributed by atoms with Gasteiger partial charge < -0.3 is 23.5 Å². The first-order valence-corrected chi connectivity index (χ1v) is 9.85. The van der Waals surface area contributed by atoms with Gasteiger partial charge in [0, 0.05) is 10.9 Å². The molecule has 0 saturated carbocycles. The van der Waals surface area contributed by atoms with Crippen molar-refractivity contribution in [3.8, 4) is 11.5 Å². The Balaban J connectivity index is 1.83. The fourth-order valence-corrected chi connectivity index (χ4v) is 3.45. The number of furan rings is 1. The summed E-state index contributed by atoms with van der Waals surface area (Å²) in [4.78, 5) is 13.6. The van der Waals surface area contributed by atoms with Crippen molar-refractivity contribution >= 4 is 16.9 Å². The number of ether oxygens (including phenoxy) is 3. The minimum Gasteiger partial charge on any atom is -0.493 e. The standard InChI is InChI=1S/C23H27NO5/c1-5-27-20-12-11-16(13-21(20)26-4)14-24(3)15-18-17-9-7-8-10-19(17)29-22(18)23(25)28-6-2/h7-13H,5-6,14-15H2,1-4H3/p+1. The van der Waals surface area contributed by atoms with Crippen LogP contribution in [0, 0.1) is 0 Å². The van der Waals surface area contributed by atoms with Crippen LogP contribution in [-0.4, -0.2) is 33.3 Å². The van der Waals surface area contributed by atoms with E-state index in [1.165, 1.54) is 4.90 Å². The van der Waals surface area contributed by atoms with Gasteiger partial charge in [0.05, 0.1) is 32.9 Å². The van der Waals surface area contributed by atoms with Crippen LogP contribution in [0.3, 0.4) is 0 Å². The summed E-state index contributed by atoms with van der Waals surface area (Å²) in [5.74, 6) is 1.32. The Bertz CT molecular complexity index is 979. The summed E-state index contributed by atoms with van der Waals surface area (Å²) in [5, 5.41) is 0.944. The molecule has 3 rings (SSSR count). The van der Waals surface area contributed by atoms with Gasteiger partial charge in [-0.1, -0.05) is 18.2 Å². The summed E-state index contributed by atoms with van der Waals surface area (Å²) in [7, 11) is 3.72. The van der Waals surface area contributed by atoms with Crippen LogP contribution in [0.4, 0.5) is 0 Å². The number of fused-ring (bicyclic) bond motifs is 1. The zero-order valence-electron chi connectivity index (χ0n) is 17.4. The Hall–Kier alpha value is -2.99. The lowest BCUT2D eigenvalue weighted by atomic mass is 10.1. The summed E-state index contributed by atoms with van der Waals surface area (Å²) >= 11 is 0. The monoisotopic (exact) mass is 398 g/mol. The highest BCUT2D eigenvalue weighted by molar-refractivity contribution is 5.96. The lowest BCUT2D eigenvalue weighted by Crippen LogP contribution is -3.06. The van der Waals surface area contributed by atoms with Crippen LogP contribution >= 0.6 is 0 Å². The Kier molecular flexibility index (Phi) is 6.77. The molecule has 1 unspecified atom stereocenters. The molecule has 0 amide bonds. The fourth-order valence-electron chi connectivity index (χ4n) is 3.45. The molecule has 1 atom stereocenters. The minimum atomic E-state index is -0.422. The number of hydrogen-bond donors (Lipinski definition) is 1. The average Bonchev–Trinajstić information content (AvgIpc) is 3.08. The number of para-hydroxylation sites is 1. The van der Waals surface area contributed by atoms with E-state index < -0.39 is 5.97 Å². The van der Waals surface area contributed by atoms with E-state index in [1.54, 1.807) is 14.0 Å². The molecule has 1 heterocycles. The van der Waals surface area contributed by atoms with Crippen LogP contribution in [-0.2, 0) is 17.8 Å². The summed E-state index contributed by atoms with van der Waals surface area (Å²) in [6.07, 6.45) is 0. The Morgan fingerprint density at radius 2 is 1.83 bits per heavy atom. The van der Waals surface area contributed by atoms with Gasteiger partial charge in [0.2, 0.25) is 5.76 Å². The van der Waals surface area contributed by atoms with Gasteiger partial charge in [0.1, 0.15) is 18.7 Å². The van der Waals surface area contributed by atoms with Crippen LogP contribution < -0.4 is 14.4 Å². The molecular weight excluding hydrogens is 370 g/mol. The van der Waals surface area contributed by atoms with E-state index in [0.29, 0.717) is 25.3 Å². The number of carbonyl (C=O) groups excluding carboxylic acids is 1. The van der Waals surface area contributed by atoms with Crippen LogP contribution in [0.15, 0.2) is 46.9 Å². The molecule has 6 heteroatoms. The molecule has 6 nitrogen and oxygen atoms in total. The molecule has 0 bridgehead atoms. The van der Waals surface area contributed by atoms with E-state index in [-0.39, 0.29) is 5.76 Å². The maximum Gasteiger partial charge on any atom is 0.374 e. The molecule has 29 heavy (non-hydrogen) atoms. The van der Waals surface area contributed by atoms with Crippen molar-refractivity contribution in [2.45, 2.75) is 26.9 Å². The first kappa shape index (κ1) is 20.7. The van der Waals surface area contributed by atoms with Gasteiger partial charge in [-0.25, -0.2) is 4.79 Å². The summed E-state index contributed by atoms with van der Waals surface area (Å²) < 4.78 is 22.1. The molecule has 3 aromatic rings. The van der Waals surface area contributed by atoms with Crippen molar-refractivity contribution in [3.63, 3.8) is 0 Å². The lowest BCUT2D eigenvalue weighted by Gasteiger charge is -2.16. The SMILES string of the molecule is CCOC(=O)c1oc2ccccc2c1C[NH+](C)Cc1ccc(OCC)c(OC)c1. The molecule has 0 radical (unpaired) electrons. The minimum absolute atomic E-state index is 0.289. The van der Waals surface area contributed by atoms with Crippen molar-refractivity contribution in [2.75, 3.05) is 27.4 Å². The van der Waals surface area contributed by atoms with E-state index in [4.69, 9.17) is 18.6 Å². The predicted octanol–water partition coefficient (Wildman–Crippen LogP) is 3.23. The number of hydrogen-bond acceptors (Lipinski definition) is 5. The second-order valence-corrected chi connectivity index (χ2v) is 6.86. The fraction of sp³-hybridized carbons (Fsp3) is 0.348. The smallest absolute Gasteiger partial charge is 0.374 e.